The molecule has 13 heavy (non-hydrogen) atoms. The molecule has 0 bridgehead atoms. The number of hydrogen-bond acceptors (Lipinski definition) is 1. The quantitative estimate of drug-likeness (QED) is 0.670. The third-order valence-corrected chi connectivity index (χ3v) is 2.67. The van der Waals surface area contributed by atoms with Crippen LogP contribution in [0.15, 0.2) is 59.4 Å². The summed E-state index contributed by atoms with van der Waals surface area (Å²) in [7, 11) is -1.01. The maximum absolute atomic E-state index is 11.5. The fourth-order valence-corrected chi connectivity index (χ4v) is 1.74. The van der Waals surface area contributed by atoms with Crippen LogP contribution < -0.4 is 0 Å². The third-order valence-electron chi connectivity index (χ3n) is 1.50. The fraction of sp³-hybridized carbons (Fsp3) is 0.0909. The van der Waals surface area contributed by atoms with E-state index in [2.05, 4.69) is 6.58 Å². The van der Waals surface area contributed by atoms with Gasteiger partial charge in [0.05, 0.1) is 10.8 Å². The molecule has 0 fully saturated rings. The van der Waals surface area contributed by atoms with E-state index in [1.165, 1.54) is 0 Å². The van der Waals surface area contributed by atoms with Crippen molar-refractivity contribution in [2.75, 3.05) is 0 Å². The highest BCUT2D eigenvalue weighted by atomic mass is 32.2. The van der Waals surface area contributed by atoms with E-state index in [1.807, 2.05) is 36.4 Å². The summed E-state index contributed by atoms with van der Waals surface area (Å²) in [4.78, 5) is 0.836. The second kappa shape index (κ2) is 5.49. The van der Waals surface area contributed by atoms with Crippen molar-refractivity contribution in [1.29, 1.82) is 0 Å². The van der Waals surface area contributed by atoms with Crippen molar-refractivity contribution in [2.24, 2.45) is 0 Å². The minimum Gasteiger partial charge on any atom is -0.250 e. The molecule has 2 heteroatoms. The highest BCUT2D eigenvalue weighted by Gasteiger charge is 1.95. The third kappa shape index (κ3) is 3.38. The zero-order valence-electron chi connectivity index (χ0n) is 7.35. The normalized spacial score (nSPS) is 12.9. The predicted octanol–water partition coefficient (Wildman–Crippen LogP) is 2.88. The van der Waals surface area contributed by atoms with Gasteiger partial charge in [0.2, 0.25) is 0 Å². The van der Waals surface area contributed by atoms with Crippen LogP contribution in [0.1, 0.15) is 6.42 Å². The predicted molar refractivity (Wildman–Crippen MR) is 56.8 cm³/mol. The van der Waals surface area contributed by atoms with Crippen molar-refractivity contribution in [3.63, 3.8) is 0 Å². The molecular weight excluding hydrogens is 180 g/mol. The van der Waals surface area contributed by atoms with E-state index >= 15 is 0 Å². The molecule has 0 aliphatic heterocycles. The van der Waals surface area contributed by atoms with Crippen molar-refractivity contribution < 1.29 is 4.21 Å². The highest BCUT2D eigenvalue weighted by Crippen LogP contribution is 2.06. The molecule has 1 rings (SSSR count). The van der Waals surface area contributed by atoms with Crippen molar-refractivity contribution in [1.82, 2.24) is 0 Å². The Morgan fingerprint density at radius 3 is 2.62 bits per heavy atom. The molecule has 0 aromatic heterocycles. The van der Waals surface area contributed by atoms with E-state index in [1.54, 1.807) is 11.5 Å². The van der Waals surface area contributed by atoms with Gasteiger partial charge in [-0.2, -0.15) is 0 Å². The van der Waals surface area contributed by atoms with Crippen LogP contribution >= 0.6 is 0 Å². The lowest BCUT2D eigenvalue weighted by atomic mass is 10.4. The smallest absolute Gasteiger partial charge is 0.0772 e. The van der Waals surface area contributed by atoms with Crippen LogP contribution in [0.2, 0.25) is 0 Å². The molecule has 1 aromatic carbocycles. The molecule has 0 amide bonds. The van der Waals surface area contributed by atoms with Crippen molar-refractivity contribution in [3.8, 4) is 0 Å². The molecule has 0 radical (unpaired) electrons. The zero-order chi connectivity index (χ0) is 9.52. The van der Waals surface area contributed by atoms with Crippen LogP contribution in [0.3, 0.4) is 0 Å². The van der Waals surface area contributed by atoms with Crippen LogP contribution in [-0.2, 0) is 10.8 Å². The summed E-state index contributed by atoms with van der Waals surface area (Å²) in [5.74, 6) is 0. The summed E-state index contributed by atoms with van der Waals surface area (Å²) in [6.45, 7) is 3.58. The molecule has 0 heterocycles. The Morgan fingerprint density at radius 2 is 2.00 bits per heavy atom. The molecule has 0 aliphatic rings. The van der Waals surface area contributed by atoms with Gasteiger partial charge in [0.25, 0.3) is 0 Å². The minimum absolute atomic E-state index is 0.762. The van der Waals surface area contributed by atoms with Crippen LogP contribution in [0.5, 0.6) is 0 Å². The lowest BCUT2D eigenvalue weighted by molar-refractivity contribution is 0.688. The Labute approximate surface area is 81.3 Å². The first-order chi connectivity index (χ1) is 6.34. The Bertz CT molecular complexity index is 314. The van der Waals surface area contributed by atoms with Crippen LogP contribution in [-0.4, -0.2) is 4.21 Å². The summed E-state index contributed by atoms with van der Waals surface area (Å²) >= 11 is 0. The Morgan fingerprint density at radius 1 is 1.31 bits per heavy atom. The van der Waals surface area contributed by atoms with E-state index in [0.29, 0.717) is 0 Å². The maximum atomic E-state index is 11.5. The monoisotopic (exact) mass is 192 g/mol. The average molecular weight is 192 g/mol. The first kappa shape index (κ1) is 9.93. The average Bonchev–Trinajstić information content (AvgIpc) is 2.19. The second-order valence-corrected chi connectivity index (χ2v) is 3.85. The van der Waals surface area contributed by atoms with Gasteiger partial charge in [-0.3, -0.25) is 0 Å². The molecular formula is C11H12OS. The Kier molecular flexibility index (Phi) is 4.19. The van der Waals surface area contributed by atoms with Crippen molar-refractivity contribution in [2.45, 2.75) is 11.3 Å². The molecule has 1 unspecified atom stereocenters. The van der Waals surface area contributed by atoms with Gasteiger partial charge < -0.3 is 0 Å². The first-order valence-electron chi connectivity index (χ1n) is 4.08. The summed E-state index contributed by atoms with van der Waals surface area (Å²) in [5.41, 5.74) is 0. The van der Waals surface area contributed by atoms with E-state index in [0.717, 1.165) is 11.3 Å². The molecule has 1 nitrogen and oxygen atoms in total. The van der Waals surface area contributed by atoms with E-state index in [-0.39, 0.29) is 0 Å². The SMILES string of the molecule is C=CC/C=C/S(=O)c1ccccc1. The van der Waals surface area contributed by atoms with Gasteiger partial charge >= 0.3 is 0 Å². The molecule has 0 saturated heterocycles. The summed E-state index contributed by atoms with van der Waals surface area (Å²) in [5, 5.41) is 1.69. The molecule has 0 N–H and O–H groups in total. The number of benzene rings is 1. The molecule has 1 aromatic rings. The van der Waals surface area contributed by atoms with Crippen LogP contribution in [0, 0.1) is 0 Å². The zero-order valence-corrected chi connectivity index (χ0v) is 8.17. The van der Waals surface area contributed by atoms with Gasteiger partial charge in [-0.25, -0.2) is 4.21 Å². The molecule has 1 atom stereocenters. The van der Waals surface area contributed by atoms with Crippen LogP contribution in [0.4, 0.5) is 0 Å². The van der Waals surface area contributed by atoms with E-state index < -0.39 is 10.8 Å². The fourth-order valence-electron chi connectivity index (χ4n) is 0.872. The number of allylic oxidation sites excluding steroid dienone is 2. The largest absolute Gasteiger partial charge is 0.250 e. The molecule has 68 valence electrons. The Hall–Kier alpha value is -1.15. The molecule has 0 spiro atoms. The summed E-state index contributed by atoms with van der Waals surface area (Å²) < 4.78 is 11.5. The van der Waals surface area contributed by atoms with E-state index in [4.69, 9.17) is 0 Å². The van der Waals surface area contributed by atoms with Crippen molar-refractivity contribution in [3.05, 3.63) is 54.5 Å². The molecule has 0 aliphatic carbocycles. The van der Waals surface area contributed by atoms with Gasteiger partial charge in [0.15, 0.2) is 0 Å². The highest BCUT2D eigenvalue weighted by molar-refractivity contribution is 7.88. The van der Waals surface area contributed by atoms with Gasteiger partial charge in [-0.05, 0) is 18.6 Å². The van der Waals surface area contributed by atoms with Gasteiger partial charge in [-0.1, -0.05) is 30.4 Å². The minimum atomic E-state index is -1.01. The maximum Gasteiger partial charge on any atom is 0.0772 e. The molecule has 0 saturated carbocycles. The standard InChI is InChI=1S/C11H12OS/c1-2-3-7-10-13(12)11-8-5-4-6-9-11/h2,4-10H,1,3H2/b10-7+. The lowest BCUT2D eigenvalue weighted by Crippen LogP contribution is -1.84. The summed E-state index contributed by atoms with van der Waals surface area (Å²) in [6, 6.07) is 9.39. The van der Waals surface area contributed by atoms with Gasteiger partial charge in [-0.15, -0.1) is 6.58 Å². The van der Waals surface area contributed by atoms with Crippen LogP contribution in [0.25, 0.3) is 0 Å². The topological polar surface area (TPSA) is 17.1 Å². The lowest BCUT2D eigenvalue weighted by Gasteiger charge is -1.93. The summed E-state index contributed by atoms with van der Waals surface area (Å²) in [6.07, 6.45) is 4.40. The first-order valence-corrected chi connectivity index (χ1v) is 5.29. The van der Waals surface area contributed by atoms with Gasteiger partial charge in [0.1, 0.15) is 0 Å². The van der Waals surface area contributed by atoms with E-state index in [9.17, 15) is 4.21 Å². The number of hydrogen-bond donors (Lipinski definition) is 0. The number of rotatable bonds is 4. The Balaban J connectivity index is 2.64. The second-order valence-electron chi connectivity index (χ2n) is 2.51. The van der Waals surface area contributed by atoms with Crippen molar-refractivity contribution >= 4 is 10.8 Å². The van der Waals surface area contributed by atoms with Gasteiger partial charge in [0, 0.05) is 10.3 Å².